The van der Waals surface area contributed by atoms with Gasteiger partial charge in [-0.2, -0.15) is 0 Å². The van der Waals surface area contributed by atoms with E-state index < -0.39 is 10.0 Å². The minimum absolute atomic E-state index is 0.143. The molecule has 0 fully saturated rings. The molecule has 1 heterocycles. The Labute approximate surface area is 166 Å². The number of carbonyl (C=O) groups is 1. The molecule has 2 aromatic rings. The third-order valence-corrected chi connectivity index (χ3v) is 6.30. The fourth-order valence-electron chi connectivity index (χ4n) is 3.08. The van der Waals surface area contributed by atoms with Crippen molar-refractivity contribution >= 4 is 27.5 Å². The highest BCUT2D eigenvalue weighted by Crippen LogP contribution is 2.18. The number of aliphatic imine (C=N–C) groups is 1. The van der Waals surface area contributed by atoms with Gasteiger partial charge in [-0.15, -0.1) is 0 Å². The molecule has 2 aromatic carbocycles. The Hall–Kier alpha value is -2.67. The number of nitrogens with one attached hydrogen (secondary N) is 2. The molecule has 28 heavy (non-hydrogen) atoms. The molecule has 0 saturated carbocycles. The van der Waals surface area contributed by atoms with Crippen LogP contribution in [0.15, 0.2) is 52.4 Å². The minimum Gasteiger partial charge on any atom is -0.322 e. The van der Waals surface area contributed by atoms with Crippen LogP contribution in [0.1, 0.15) is 47.2 Å². The van der Waals surface area contributed by atoms with E-state index in [-0.39, 0.29) is 10.8 Å². The second-order valence-corrected chi connectivity index (χ2v) is 8.65. The van der Waals surface area contributed by atoms with E-state index in [9.17, 15) is 13.2 Å². The molecule has 1 aliphatic rings. The normalized spacial score (nSPS) is 14.7. The van der Waals surface area contributed by atoms with Gasteiger partial charge >= 0.3 is 0 Å². The van der Waals surface area contributed by atoms with Crippen LogP contribution in [0.4, 0.5) is 5.69 Å². The molecule has 1 amide bonds. The topological polar surface area (TPSA) is 87.6 Å². The van der Waals surface area contributed by atoms with Crippen LogP contribution in [0.5, 0.6) is 0 Å². The highest BCUT2D eigenvalue weighted by Gasteiger charge is 2.17. The summed E-state index contributed by atoms with van der Waals surface area (Å²) in [6, 6.07) is 11.7. The van der Waals surface area contributed by atoms with Crippen LogP contribution in [0.2, 0.25) is 0 Å². The summed E-state index contributed by atoms with van der Waals surface area (Å²) >= 11 is 0. The van der Waals surface area contributed by atoms with Crippen molar-refractivity contribution in [3.63, 3.8) is 0 Å². The van der Waals surface area contributed by atoms with E-state index in [1.165, 1.54) is 12.1 Å². The molecule has 2 N–H and O–H groups in total. The Kier molecular flexibility index (Phi) is 6.14. The number of amides is 1. The summed E-state index contributed by atoms with van der Waals surface area (Å²) in [6.07, 6.45) is 3.62. The van der Waals surface area contributed by atoms with Gasteiger partial charge in [-0.25, -0.2) is 8.42 Å². The van der Waals surface area contributed by atoms with Crippen molar-refractivity contribution in [2.45, 2.75) is 44.4 Å². The smallest absolute Gasteiger partial charge is 0.262 e. The van der Waals surface area contributed by atoms with Crippen molar-refractivity contribution in [3.8, 4) is 0 Å². The summed E-state index contributed by atoms with van der Waals surface area (Å²) in [7, 11) is -3.68. The van der Waals surface area contributed by atoms with E-state index in [0.29, 0.717) is 30.1 Å². The van der Waals surface area contributed by atoms with Crippen LogP contribution < -0.4 is 10.0 Å². The molecule has 0 bridgehead atoms. The number of hydrogen-bond donors (Lipinski definition) is 2. The van der Waals surface area contributed by atoms with Gasteiger partial charge in [-0.3, -0.25) is 14.5 Å². The maximum absolute atomic E-state index is 12.6. The molecule has 0 aromatic heterocycles. The van der Waals surface area contributed by atoms with Gasteiger partial charge in [-0.05, 0) is 68.1 Å². The van der Waals surface area contributed by atoms with Crippen LogP contribution in [0.3, 0.4) is 0 Å². The number of carbonyl (C=O) groups excluding carboxylic acids is 1. The molecule has 0 unspecified atom stereocenters. The molecular formula is C21H25N3O3S. The fraction of sp³-hybridized carbons (Fsp3) is 0.333. The van der Waals surface area contributed by atoms with Gasteiger partial charge in [0.1, 0.15) is 5.84 Å². The second kappa shape index (κ2) is 8.56. The molecule has 1 aliphatic heterocycles. The molecule has 7 heteroatoms. The molecular weight excluding hydrogens is 374 g/mol. The lowest BCUT2D eigenvalue weighted by molar-refractivity contribution is 0.102. The first-order valence-electron chi connectivity index (χ1n) is 9.40. The van der Waals surface area contributed by atoms with E-state index in [2.05, 4.69) is 15.0 Å². The highest BCUT2D eigenvalue weighted by molar-refractivity contribution is 7.90. The monoisotopic (exact) mass is 399 g/mol. The van der Waals surface area contributed by atoms with Crippen molar-refractivity contribution in [2.24, 2.45) is 4.99 Å². The Morgan fingerprint density at radius 3 is 2.50 bits per heavy atom. The van der Waals surface area contributed by atoms with Gasteiger partial charge in [0.05, 0.1) is 4.90 Å². The van der Waals surface area contributed by atoms with E-state index in [1.807, 2.05) is 26.0 Å². The number of amidine groups is 1. The van der Waals surface area contributed by atoms with Crippen molar-refractivity contribution in [1.82, 2.24) is 4.72 Å². The zero-order valence-corrected chi connectivity index (χ0v) is 17.0. The van der Waals surface area contributed by atoms with Gasteiger partial charge in [0.2, 0.25) is 0 Å². The van der Waals surface area contributed by atoms with Crippen LogP contribution in [0.25, 0.3) is 0 Å². The molecule has 0 aliphatic carbocycles. The molecule has 0 atom stereocenters. The summed E-state index contributed by atoms with van der Waals surface area (Å²) in [5.41, 5.74) is 3.11. The highest BCUT2D eigenvalue weighted by atomic mass is 32.2. The quantitative estimate of drug-likeness (QED) is 0.819. The molecule has 0 radical (unpaired) electrons. The average Bonchev–Trinajstić information content (AvgIpc) is 2.92. The Morgan fingerprint density at radius 2 is 1.75 bits per heavy atom. The second-order valence-electron chi connectivity index (χ2n) is 6.97. The van der Waals surface area contributed by atoms with Crippen LogP contribution >= 0.6 is 0 Å². The number of benzene rings is 2. The predicted molar refractivity (Wildman–Crippen MR) is 111 cm³/mol. The van der Waals surface area contributed by atoms with E-state index >= 15 is 0 Å². The minimum atomic E-state index is -3.68. The van der Waals surface area contributed by atoms with Crippen LogP contribution in [-0.4, -0.2) is 26.7 Å². The summed E-state index contributed by atoms with van der Waals surface area (Å²) in [5.74, 6) is 0.299. The van der Waals surface area contributed by atoms with Crippen molar-refractivity contribution < 1.29 is 13.2 Å². The Morgan fingerprint density at radius 1 is 1.00 bits per heavy atom. The summed E-state index contributed by atoms with van der Waals surface area (Å²) in [4.78, 5) is 17.0. The maximum atomic E-state index is 12.6. The zero-order valence-electron chi connectivity index (χ0n) is 16.2. The number of rotatable bonds is 4. The van der Waals surface area contributed by atoms with E-state index in [4.69, 9.17) is 0 Å². The van der Waals surface area contributed by atoms with Gasteiger partial charge < -0.3 is 5.32 Å². The average molecular weight is 400 g/mol. The third kappa shape index (κ3) is 4.78. The number of aryl methyl sites for hydroxylation is 1. The first-order valence-corrected chi connectivity index (χ1v) is 10.9. The number of anilines is 1. The van der Waals surface area contributed by atoms with Gasteiger partial charge in [0, 0.05) is 24.2 Å². The first-order chi connectivity index (χ1) is 13.4. The molecule has 148 valence electrons. The number of sulfonamides is 1. The zero-order chi connectivity index (χ0) is 20.1. The Bertz CT molecular complexity index is 996. The summed E-state index contributed by atoms with van der Waals surface area (Å²) < 4.78 is 27.7. The lowest BCUT2D eigenvalue weighted by Crippen LogP contribution is -2.30. The van der Waals surface area contributed by atoms with Crippen LogP contribution in [-0.2, 0) is 10.0 Å². The molecule has 0 saturated heterocycles. The fourth-order valence-corrected chi connectivity index (χ4v) is 4.17. The number of nitrogens with zero attached hydrogens (tertiary/aromatic N) is 1. The third-order valence-electron chi connectivity index (χ3n) is 4.90. The number of hydrogen-bond acceptors (Lipinski definition) is 4. The van der Waals surface area contributed by atoms with Gasteiger partial charge in [0.25, 0.3) is 15.9 Å². The van der Waals surface area contributed by atoms with Crippen molar-refractivity contribution in [1.29, 1.82) is 0 Å². The van der Waals surface area contributed by atoms with E-state index in [0.717, 1.165) is 30.4 Å². The van der Waals surface area contributed by atoms with Gasteiger partial charge in [-0.1, -0.05) is 18.6 Å². The molecule has 0 spiro atoms. The summed E-state index contributed by atoms with van der Waals surface area (Å²) in [5, 5.41) is 2.82. The molecule has 6 nitrogen and oxygen atoms in total. The predicted octanol–water partition coefficient (Wildman–Crippen LogP) is 3.81. The maximum Gasteiger partial charge on any atom is 0.262 e. The van der Waals surface area contributed by atoms with Crippen molar-refractivity contribution in [2.75, 3.05) is 11.9 Å². The standard InChI is InChI=1S/C21H25N3O3S/c1-15-7-6-8-19(16(15)2)21(25)23-17-10-12-18(13-11-17)28(26,27)24-20-9-4-3-5-14-22-20/h6-8,10-13H,3-5,9,14H2,1-2H3,(H,22,24)(H,23,25). The lowest BCUT2D eigenvalue weighted by atomic mass is 10.0. The SMILES string of the molecule is Cc1cccc(C(=O)Nc2ccc(S(=O)(=O)NC3=NCCCCC3)cc2)c1C. The largest absolute Gasteiger partial charge is 0.322 e. The Balaban J connectivity index is 1.71. The van der Waals surface area contributed by atoms with Crippen molar-refractivity contribution in [3.05, 3.63) is 59.2 Å². The van der Waals surface area contributed by atoms with Gasteiger partial charge in [0.15, 0.2) is 0 Å². The van der Waals surface area contributed by atoms with Crippen LogP contribution in [0, 0.1) is 13.8 Å². The first kappa shape index (κ1) is 20.1. The molecule has 3 rings (SSSR count). The lowest BCUT2D eigenvalue weighted by Gasteiger charge is -2.12. The van der Waals surface area contributed by atoms with E-state index in [1.54, 1.807) is 18.2 Å². The summed E-state index contributed by atoms with van der Waals surface area (Å²) in [6.45, 7) is 4.51.